The molecular weight excluding hydrogens is 521 g/mol. The molecule has 36 heavy (non-hydrogen) atoms. The van der Waals surface area contributed by atoms with E-state index in [1.54, 1.807) is 48.5 Å². The van der Waals surface area contributed by atoms with E-state index in [-0.39, 0.29) is 18.4 Å². The molecule has 0 aromatic heterocycles. The minimum Gasteiger partial charge on any atom is -0.488 e. The molecule has 0 saturated carbocycles. The second-order valence-electron chi connectivity index (χ2n) is 8.46. The molecule has 0 heterocycles. The molecule has 0 saturated heterocycles. The van der Waals surface area contributed by atoms with Crippen LogP contribution in [0.3, 0.4) is 0 Å². The van der Waals surface area contributed by atoms with Gasteiger partial charge in [-0.15, -0.1) is 0 Å². The molecule has 0 aliphatic carbocycles. The molecule has 3 aromatic carbocycles. The smallest absolute Gasteiger partial charge is 0.262 e. The summed E-state index contributed by atoms with van der Waals surface area (Å²) in [4.78, 5) is 25.5. The zero-order valence-corrected chi connectivity index (χ0v) is 22.1. The van der Waals surface area contributed by atoms with E-state index in [0.29, 0.717) is 38.4 Å². The first kappa shape index (κ1) is 27.5. The summed E-state index contributed by atoms with van der Waals surface area (Å²) in [6.07, 6.45) is 1.94. The van der Waals surface area contributed by atoms with Crippen LogP contribution in [0.5, 0.6) is 5.75 Å². The Labute approximate surface area is 225 Å². The molecule has 6 nitrogen and oxygen atoms in total. The van der Waals surface area contributed by atoms with E-state index in [1.807, 2.05) is 32.0 Å². The standard InChI is InChI=1S/C27H26Cl3N3O3/c1-17(2)13-24(32-26(34)18-7-10-21(28)11-8-18)27(35)33-31-15-19-5-3-4-6-25(19)36-16-20-9-12-22(29)14-23(20)30/h3-12,14-15,17,24H,13,16H2,1-2H3,(H,32,34)(H,33,35). The predicted molar refractivity (Wildman–Crippen MR) is 145 cm³/mol. The van der Waals surface area contributed by atoms with Gasteiger partial charge in [-0.3, -0.25) is 9.59 Å². The highest BCUT2D eigenvalue weighted by atomic mass is 35.5. The van der Waals surface area contributed by atoms with Crippen LogP contribution in [-0.4, -0.2) is 24.1 Å². The maximum Gasteiger partial charge on any atom is 0.262 e. The van der Waals surface area contributed by atoms with E-state index in [0.717, 1.165) is 5.56 Å². The molecule has 0 fully saturated rings. The number of rotatable bonds is 10. The van der Waals surface area contributed by atoms with Gasteiger partial charge in [0.1, 0.15) is 18.4 Å². The van der Waals surface area contributed by atoms with Gasteiger partial charge in [0.05, 0.1) is 6.21 Å². The van der Waals surface area contributed by atoms with Gasteiger partial charge < -0.3 is 10.1 Å². The number of carbonyl (C=O) groups is 2. The van der Waals surface area contributed by atoms with E-state index in [2.05, 4.69) is 15.8 Å². The summed E-state index contributed by atoms with van der Waals surface area (Å²) in [5.41, 5.74) is 4.38. The zero-order chi connectivity index (χ0) is 26.1. The van der Waals surface area contributed by atoms with Crippen molar-refractivity contribution in [1.82, 2.24) is 10.7 Å². The summed E-state index contributed by atoms with van der Waals surface area (Å²) < 4.78 is 5.91. The maximum atomic E-state index is 12.8. The van der Waals surface area contributed by atoms with Gasteiger partial charge in [0, 0.05) is 31.8 Å². The Balaban J connectivity index is 1.64. The van der Waals surface area contributed by atoms with Crippen molar-refractivity contribution in [3.8, 4) is 5.75 Å². The SMILES string of the molecule is CC(C)CC(NC(=O)c1ccc(Cl)cc1)C(=O)NN=Cc1ccccc1OCc1ccc(Cl)cc1Cl. The van der Waals surface area contributed by atoms with E-state index in [9.17, 15) is 9.59 Å². The van der Waals surface area contributed by atoms with Crippen LogP contribution in [0.4, 0.5) is 0 Å². The average Bonchev–Trinajstić information content (AvgIpc) is 2.84. The van der Waals surface area contributed by atoms with Crippen molar-refractivity contribution < 1.29 is 14.3 Å². The van der Waals surface area contributed by atoms with Crippen LogP contribution in [0, 0.1) is 5.92 Å². The van der Waals surface area contributed by atoms with Gasteiger partial charge in [0.25, 0.3) is 11.8 Å². The first-order valence-electron chi connectivity index (χ1n) is 11.3. The van der Waals surface area contributed by atoms with Crippen molar-refractivity contribution in [3.63, 3.8) is 0 Å². The molecule has 3 rings (SSSR count). The summed E-state index contributed by atoms with van der Waals surface area (Å²) in [7, 11) is 0. The highest BCUT2D eigenvalue weighted by Crippen LogP contribution is 2.24. The number of hydrogen-bond acceptors (Lipinski definition) is 4. The molecule has 1 unspecified atom stereocenters. The molecule has 9 heteroatoms. The van der Waals surface area contributed by atoms with Crippen LogP contribution in [0.1, 0.15) is 41.8 Å². The first-order chi connectivity index (χ1) is 17.2. The van der Waals surface area contributed by atoms with Crippen LogP contribution < -0.4 is 15.5 Å². The monoisotopic (exact) mass is 545 g/mol. The highest BCUT2D eigenvalue weighted by molar-refractivity contribution is 6.35. The predicted octanol–water partition coefficient (Wildman–Crippen LogP) is 6.52. The Morgan fingerprint density at radius 3 is 2.36 bits per heavy atom. The minimum atomic E-state index is -0.760. The number of hydrogen-bond donors (Lipinski definition) is 2. The molecule has 2 N–H and O–H groups in total. The summed E-state index contributed by atoms with van der Waals surface area (Å²) in [5.74, 6) is -0.0509. The number of ether oxygens (including phenoxy) is 1. The summed E-state index contributed by atoms with van der Waals surface area (Å²) >= 11 is 18.1. The third-order valence-electron chi connectivity index (χ3n) is 5.13. The number of hydrazone groups is 1. The second-order valence-corrected chi connectivity index (χ2v) is 9.74. The van der Waals surface area contributed by atoms with E-state index in [1.165, 1.54) is 6.21 Å². The zero-order valence-electron chi connectivity index (χ0n) is 19.8. The first-order valence-corrected chi connectivity index (χ1v) is 12.4. The van der Waals surface area contributed by atoms with E-state index >= 15 is 0 Å². The van der Waals surface area contributed by atoms with Crippen molar-refractivity contribution in [1.29, 1.82) is 0 Å². The molecule has 0 aliphatic heterocycles. The van der Waals surface area contributed by atoms with Gasteiger partial charge in [-0.25, -0.2) is 5.43 Å². The summed E-state index contributed by atoms with van der Waals surface area (Å²) in [6, 6.07) is 18.2. The van der Waals surface area contributed by atoms with Gasteiger partial charge in [-0.05, 0) is 60.9 Å². The van der Waals surface area contributed by atoms with Gasteiger partial charge in [-0.1, -0.05) is 66.8 Å². The van der Waals surface area contributed by atoms with Crippen molar-refractivity contribution >= 4 is 52.8 Å². The lowest BCUT2D eigenvalue weighted by Crippen LogP contribution is -2.46. The van der Waals surface area contributed by atoms with Crippen molar-refractivity contribution in [2.75, 3.05) is 0 Å². The molecule has 2 amide bonds. The normalized spacial score (nSPS) is 11.9. The Morgan fingerprint density at radius 1 is 0.972 bits per heavy atom. The Kier molecular flexibility index (Phi) is 10.2. The molecule has 0 spiro atoms. The molecular formula is C27H26Cl3N3O3. The highest BCUT2D eigenvalue weighted by Gasteiger charge is 2.22. The minimum absolute atomic E-state index is 0.170. The second kappa shape index (κ2) is 13.3. The van der Waals surface area contributed by atoms with E-state index < -0.39 is 11.9 Å². The third-order valence-corrected chi connectivity index (χ3v) is 5.97. The molecule has 3 aromatic rings. The van der Waals surface area contributed by atoms with Gasteiger partial charge in [0.15, 0.2) is 0 Å². The number of benzene rings is 3. The van der Waals surface area contributed by atoms with E-state index in [4.69, 9.17) is 39.5 Å². The number of nitrogens with one attached hydrogen (secondary N) is 2. The van der Waals surface area contributed by atoms with Crippen LogP contribution in [0.15, 0.2) is 71.8 Å². The number of amides is 2. The fourth-order valence-corrected chi connectivity index (χ4v) is 3.89. The van der Waals surface area contributed by atoms with Gasteiger partial charge in [-0.2, -0.15) is 5.10 Å². The van der Waals surface area contributed by atoms with Crippen LogP contribution >= 0.6 is 34.8 Å². The fourth-order valence-electron chi connectivity index (χ4n) is 3.30. The maximum absolute atomic E-state index is 12.8. The number of nitrogens with zero attached hydrogens (tertiary/aromatic N) is 1. The van der Waals surface area contributed by atoms with Gasteiger partial charge >= 0.3 is 0 Å². The molecule has 0 radical (unpaired) electrons. The van der Waals surface area contributed by atoms with Crippen LogP contribution in [0.25, 0.3) is 0 Å². The quantitative estimate of drug-likeness (QED) is 0.224. The van der Waals surface area contributed by atoms with Crippen LogP contribution in [-0.2, 0) is 11.4 Å². The van der Waals surface area contributed by atoms with Crippen molar-refractivity contribution in [3.05, 3.63) is 98.5 Å². The third kappa shape index (κ3) is 8.26. The van der Waals surface area contributed by atoms with Crippen LogP contribution in [0.2, 0.25) is 15.1 Å². The Morgan fingerprint density at radius 2 is 1.67 bits per heavy atom. The summed E-state index contributed by atoms with van der Waals surface area (Å²) in [5, 5.41) is 8.45. The average molecular weight is 547 g/mol. The fraction of sp³-hybridized carbons (Fsp3) is 0.222. The van der Waals surface area contributed by atoms with Crippen molar-refractivity contribution in [2.24, 2.45) is 11.0 Å². The lowest BCUT2D eigenvalue weighted by atomic mass is 10.0. The lowest BCUT2D eigenvalue weighted by molar-refractivity contribution is -0.123. The Hall–Kier alpha value is -3.06. The molecule has 0 bridgehead atoms. The van der Waals surface area contributed by atoms with Gasteiger partial charge in [0.2, 0.25) is 0 Å². The largest absolute Gasteiger partial charge is 0.488 e. The molecule has 188 valence electrons. The lowest BCUT2D eigenvalue weighted by Gasteiger charge is -2.19. The summed E-state index contributed by atoms with van der Waals surface area (Å²) in [6.45, 7) is 4.18. The van der Waals surface area contributed by atoms with Crippen molar-refractivity contribution in [2.45, 2.75) is 32.9 Å². The topological polar surface area (TPSA) is 79.8 Å². The number of para-hydroxylation sites is 1. The Bertz CT molecular complexity index is 1230. The number of halogens is 3. The number of carbonyl (C=O) groups excluding carboxylic acids is 2. The molecule has 0 aliphatic rings. The molecule has 1 atom stereocenters.